The Morgan fingerprint density at radius 1 is 0.867 bits per heavy atom. The third-order valence-corrected chi connectivity index (χ3v) is 5.03. The second kappa shape index (κ2) is 6.60. The highest BCUT2D eigenvalue weighted by molar-refractivity contribution is 5.98. The van der Waals surface area contributed by atoms with Crippen molar-refractivity contribution >= 4 is 22.1 Å². The van der Waals surface area contributed by atoms with Crippen LogP contribution in [0, 0.1) is 34.0 Å². The first-order chi connectivity index (χ1) is 14.7. The van der Waals surface area contributed by atoms with E-state index in [2.05, 4.69) is 28.2 Å². The molecule has 0 atom stereocenters. The predicted octanol–water partition coefficient (Wildman–Crippen LogP) is 4.18. The number of fused-ring (bicyclic) bond motifs is 2. The highest BCUT2D eigenvalue weighted by atomic mass is 15.1. The molecule has 7 nitrogen and oxygen atoms in total. The number of H-pyrrole nitrogens is 1. The molecule has 0 spiro atoms. The third kappa shape index (κ3) is 2.43. The van der Waals surface area contributed by atoms with Gasteiger partial charge in [-0.3, -0.25) is 4.57 Å². The van der Waals surface area contributed by atoms with Crippen LogP contribution in [0.3, 0.4) is 0 Å². The molecule has 0 radical (unpaired) electrons. The van der Waals surface area contributed by atoms with Crippen molar-refractivity contribution in [3.8, 4) is 35.2 Å². The molecule has 0 unspecified atom stereocenters. The molecular formula is C23H11N7. The maximum Gasteiger partial charge on any atom is 0.166 e. The Labute approximate surface area is 170 Å². The van der Waals surface area contributed by atoms with Gasteiger partial charge in [-0.1, -0.05) is 18.2 Å². The number of nitrogens with zero attached hydrogens (tertiary/aromatic N) is 6. The maximum atomic E-state index is 9.83. The fourth-order valence-corrected chi connectivity index (χ4v) is 3.59. The van der Waals surface area contributed by atoms with Gasteiger partial charge in [-0.2, -0.15) is 15.8 Å². The lowest BCUT2D eigenvalue weighted by Gasteiger charge is -2.08. The molecule has 138 valence electrons. The van der Waals surface area contributed by atoms with Gasteiger partial charge in [-0.05, 0) is 30.3 Å². The van der Waals surface area contributed by atoms with Crippen LogP contribution in [0.25, 0.3) is 39.0 Å². The van der Waals surface area contributed by atoms with Gasteiger partial charge >= 0.3 is 0 Å². The first kappa shape index (κ1) is 17.2. The Bertz CT molecular complexity index is 1570. The van der Waals surface area contributed by atoms with Crippen molar-refractivity contribution in [2.24, 2.45) is 0 Å². The number of nitrogens with one attached hydrogen (secondary N) is 1. The summed E-state index contributed by atoms with van der Waals surface area (Å²) in [4.78, 5) is 12.3. The number of hydrogen-bond donors (Lipinski definition) is 1. The quantitative estimate of drug-likeness (QED) is 0.489. The molecule has 0 aliphatic heterocycles. The summed E-state index contributed by atoms with van der Waals surface area (Å²) in [6, 6.07) is 21.1. The van der Waals surface area contributed by atoms with Crippen LogP contribution in [0.1, 0.15) is 16.7 Å². The molecule has 5 rings (SSSR count). The fraction of sp³-hybridized carbons (Fsp3) is 0. The van der Waals surface area contributed by atoms with Crippen LogP contribution < -0.4 is 0 Å². The van der Waals surface area contributed by atoms with Crippen LogP contribution in [0.4, 0.5) is 0 Å². The van der Waals surface area contributed by atoms with Crippen LogP contribution in [0.2, 0.25) is 0 Å². The summed E-state index contributed by atoms with van der Waals surface area (Å²) in [6.07, 6.45) is 3.36. The van der Waals surface area contributed by atoms with E-state index in [1.807, 2.05) is 24.3 Å². The molecule has 30 heavy (non-hydrogen) atoms. The van der Waals surface area contributed by atoms with Gasteiger partial charge in [0.15, 0.2) is 5.65 Å². The van der Waals surface area contributed by atoms with E-state index in [0.717, 1.165) is 22.2 Å². The van der Waals surface area contributed by atoms with Crippen molar-refractivity contribution in [1.29, 1.82) is 15.8 Å². The lowest BCUT2D eigenvalue weighted by molar-refractivity contribution is 1.07. The number of benzene rings is 2. The topological polar surface area (TPSA) is 118 Å². The molecule has 3 aromatic heterocycles. The minimum atomic E-state index is 0.190. The molecule has 1 N–H and O–H groups in total. The number of imidazole rings is 1. The normalized spacial score (nSPS) is 10.6. The summed E-state index contributed by atoms with van der Waals surface area (Å²) in [5.74, 6) is 0. The molecule has 3 heterocycles. The van der Waals surface area contributed by atoms with Crippen LogP contribution in [-0.2, 0) is 0 Å². The predicted molar refractivity (Wildman–Crippen MR) is 110 cm³/mol. The van der Waals surface area contributed by atoms with Crippen molar-refractivity contribution in [2.45, 2.75) is 0 Å². The van der Waals surface area contributed by atoms with E-state index in [1.54, 1.807) is 41.4 Å². The van der Waals surface area contributed by atoms with Gasteiger partial charge in [-0.15, -0.1) is 0 Å². The summed E-state index contributed by atoms with van der Waals surface area (Å²) in [5.41, 5.74) is 4.59. The van der Waals surface area contributed by atoms with Gasteiger partial charge in [0.1, 0.15) is 29.5 Å². The Balaban J connectivity index is 1.84. The summed E-state index contributed by atoms with van der Waals surface area (Å²) < 4.78 is 1.75. The van der Waals surface area contributed by atoms with Crippen LogP contribution >= 0.6 is 0 Å². The summed E-state index contributed by atoms with van der Waals surface area (Å²) in [7, 11) is 0. The van der Waals surface area contributed by atoms with Crippen molar-refractivity contribution in [2.75, 3.05) is 0 Å². The number of hydrogen-bond acceptors (Lipinski definition) is 5. The largest absolute Gasteiger partial charge is 0.360 e. The van der Waals surface area contributed by atoms with Crippen LogP contribution in [-0.4, -0.2) is 19.5 Å². The molecule has 2 aromatic carbocycles. The number of pyridine rings is 1. The standard InChI is InChI=1S/C23H11N7/c24-9-14-5-7-15(8-6-14)30-13-28-22-18(11-26)17(10-25)21(29-23(22)30)19-12-27-20-4-2-1-3-16(19)20/h1-8,12-13,27H. The van der Waals surface area contributed by atoms with Gasteiger partial charge in [0.2, 0.25) is 0 Å². The molecule has 0 aliphatic rings. The first-order valence-electron chi connectivity index (χ1n) is 9.03. The number of nitriles is 3. The highest BCUT2D eigenvalue weighted by Crippen LogP contribution is 2.34. The first-order valence-corrected chi connectivity index (χ1v) is 9.03. The molecule has 0 aliphatic carbocycles. The molecular weight excluding hydrogens is 374 g/mol. The summed E-state index contributed by atoms with van der Waals surface area (Å²) >= 11 is 0. The number of para-hydroxylation sites is 1. The Kier molecular flexibility index (Phi) is 3.78. The molecule has 5 aromatic rings. The average molecular weight is 385 g/mol. The second-order valence-corrected chi connectivity index (χ2v) is 6.63. The van der Waals surface area contributed by atoms with Crippen LogP contribution in [0.15, 0.2) is 61.1 Å². The minimum absolute atomic E-state index is 0.190. The molecule has 0 saturated heterocycles. The number of rotatable bonds is 2. The fourth-order valence-electron chi connectivity index (χ4n) is 3.59. The Morgan fingerprint density at radius 3 is 2.37 bits per heavy atom. The van der Waals surface area contributed by atoms with E-state index < -0.39 is 0 Å². The van der Waals surface area contributed by atoms with Crippen LogP contribution in [0.5, 0.6) is 0 Å². The lowest BCUT2D eigenvalue weighted by atomic mass is 10.0. The van der Waals surface area contributed by atoms with Gasteiger partial charge in [0, 0.05) is 28.4 Å². The van der Waals surface area contributed by atoms with Crippen molar-refractivity contribution in [3.63, 3.8) is 0 Å². The van der Waals surface area contributed by atoms with E-state index >= 15 is 0 Å². The zero-order chi connectivity index (χ0) is 20.7. The third-order valence-electron chi connectivity index (χ3n) is 5.03. The molecule has 0 bridgehead atoms. The van der Waals surface area contributed by atoms with Gasteiger partial charge in [0.25, 0.3) is 0 Å². The molecule has 0 amide bonds. The zero-order valence-electron chi connectivity index (χ0n) is 15.5. The number of aromatic nitrogens is 4. The number of aromatic amines is 1. The minimum Gasteiger partial charge on any atom is -0.360 e. The zero-order valence-corrected chi connectivity index (χ0v) is 15.5. The van der Waals surface area contributed by atoms with Crippen molar-refractivity contribution in [3.05, 3.63) is 77.7 Å². The van der Waals surface area contributed by atoms with E-state index in [-0.39, 0.29) is 11.1 Å². The molecule has 0 saturated carbocycles. The summed E-state index contributed by atoms with van der Waals surface area (Å²) in [6.45, 7) is 0. The van der Waals surface area contributed by atoms with E-state index in [0.29, 0.717) is 22.4 Å². The van der Waals surface area contributed by atoms with Gasteiger partial charge < -0.3 is 4.98 Å². The summed E-state index contributed by atoms with van der Waals surface area (Å²) in [5, 5.41) is 29.6. The second-order valence-electron chi connectivity index (χ2n) is 6.63. The average Bonchev–Trinajstić information content (AvgIpc) is 3.42. The van der Waals surface area contributed by atoms with E-state index in [1.165, 1.54) is 0 Å². The van der Waals surface area contributed by atoms with E-state index in [4.69, 9.17) is 10.2 Å². The van der Waals surface area contributed by atoms with E-state index in [9.17, 15) is 10.5 Å². The van der Waals surface area contributed by atoms with Crippen molar-refractivity contribution < 1.29 is 0 Å². The van der Waals surface area contributed by atoms with Gasteiger partial charge in [0.05, 0.1) is 22.9 Å². The molecule has 7 heteroatoms. The Morgan fingerprint density at radius 2 is 1.63 bits per heavy atom. The van der Waals surface area contributed by atoms with Crippen molar-refractivity contribution in [1.82, 2.24) is 19.5 Å². The maximum absolute atomic E-state index is 9.83. The SMILES string of the molecule is N#Cc1ccc(-n2cnc3c(C#N)c(C#N)c(-c4c[nH]c5ccccc45)nc32)cc1. The molecule has 0 fully saturated rings. The van der Waals surface area contributed by atoms with Gasteiger partial charge in [-0.25, -0.2) is 9.97 Å². The highest BCUT2D eigenvalue weighted by Gasteiger charge is 2.22. The Hall–Kier alpha value is -4.93. The smallest absolute Gasteiger partial charge is 0.166 e. The monoisotopic (exact) mass is 385 g/mol. The lowest BCUT2D eigenvalue weighted by Crippen LogP contribution is -1.99.